The Morgan fingerprint density at radius 3 is 2.53 bits per heavy atom. The molecular formula is C12H12F3N3O. The molecule has 2 rings (SSSR count). The van der Waals surface area contributed by atoms with E-state index in [2.05, 4.69) is 10.1 Å². The summed E-state index contributed by atoms with van der Waals surface area (Å²) in [5.41, 5.74) is -0.0674. The van der Waals surface area contributed by atoms with Crippen molar-refractivity contribution in [2.24, 2.45) is 0 Å². The second kappa shape index (κ2) is 5.00. The van der Waals surface area contributed by atoms with E-state index in [4.69, 9.17) is 0 Å². The summed E-state index contributed by atoms with van der Waals surface area (Å²) in [6.45, 7) is 1.81. The highest BCUT2D eigenvalue weighted by Gasteiger charge is 2.33. The van der Waals surface area contributed by atoms with Gasteiger partial charge in [0.2, 0.25) is 0 Å². The third kappa shape index (κ3) is 2.93. The quantitative estimate of drug-likeness (QED) is 0.933. The van der Waals surface area contributed by atoms with Crippen molar-refractivity contribution >= 4 is 0 Å². The average molecular weight is 271 g/mol. The van der Waals surface area contributed by atoms with E-state index < -0.39 is 18.0 Å². The lowest BCUT2D eigenvalue weighted by atomic mass is 10.2. The molecule has 0 spiro atoms. The first-order valence-corrected chi connectivity index (χ1v) is 5.69. The second-order valence-electron chi connectivity index (χ2n) is 4.01. The molecular weight excluding hydrogens is 259 g/mol. The minimum Gasteiger partial charge on any atom is -0.387 e. The van der Waals surface area contributed by atoms with Crippen LogP contribution in [-0.4, -0.2) is 19.9 Å². The summed E-state index contributed by atoms with van der Waals surface area (Å²) in [6.07, 6.45) is -2.02. The molecule has 2 heterocycles. The molecule has 2 aromatic rings. The maximum absolute atomic E-state index is 12.4. The van der Waals surface area contributed by atoms with Crippen molar-refractivity contribution in [3.63, 3.8) is 0 Å². The first kappa shape index (κ1) is 13.5. The van der Waals surface area contributed by atoms with Crippen molar-refractivity contribution in [3.8, 4) is 5.69 Å². The fraction of sp³-hybridized carbons (Fsp3) is 0.333. The molecule has 2 aromatic heterocycles. The van der Waals surface area contributed by atoms with Crippen LogP contribution >= 0.6 is 0 Å². The zero-order valence-electron chi connectivity index (χ0n) is 10.1. The Morgan fingerprint density at radius 2 is 2.05 bits per heavy atom. The van der Waals surface area contributed by atoms with Crippen LogP contribution in [0.2, 0.25) is 0 Å². The maximum Gasteiger partial charge on any atom is 0.435 e. The van der Waals surface area contributed by atoms with Crippen LogP contribution in [0.5, 0.6) is 0 Å². The largest absolute Gasteiger partial charge is 0.435 e. The Bertz CT molecular complexity index is 548. The fourth-order valence-electron chi connectivity index (χ4n) is 1.56. The Kier molecular flexibility index (Phi) is 3.57. The van der Waals surface area contributed by atoms with Gasteiger partial charge in [0.1, 0.15) is 0 Å². The lowest BCUT2D eigenvalue weighted by Crippen LogP contribution is -2.07. The van der Waals surface area contributed by atoms with Crippen LogP contribution in [0.3, 0.4) is 0 Å². The number of alkyl halides is 3. The minimum atomic E-state index is -4.46. The second-order valence-corrected chi connectivity index (χ2v) is 4.01. The van der Waals surface area contributed by atoms with Crippen LogP contribution in [0.4, 0.5) is 13.2 Å². The molecule has 0 bridgehead atoms. The van der Waals surface area contributed by atoms with Gasteiger partial charge in [0, 0.05) is 6.20 Å². The molecule has 0 aromatic carbocycles. The Hall–Kier alpha value is -1.89. The molecule has 0 saturated carbocycles. The third-order valence-electron chi connectivity index (χ3n) is 2.64. The normalized spacial score (nSPS) is 13.5. The summed E-state index contributed by atoms with van der Waals surface area (Å²) in [4.78, 5) is 4.01. The average Bonchev–Trinajstić information content (AvgIpc) is 2.87. The number of hydrogen-bond acceptors (Lipinski definition) is 3. The lowest BCUT2D eigenvalue weighted by molar-refractivity contribution is -0.141. The fourth-order valence-corrected chi connectivity index (χ4v) is 1.56. The number of halogens is 3. The van der Waals surface area contributed by atoms with Crippen LogP contribution in [-0.2, 0) is 6.18 Å². The Balaban J connectivity index is 2.25. The van der Waals surface area contributed by atoms with E-state index in [9.17, 15) is 18.3 Å². The van der Waals surface area contributed by atoms with Gasteiger partial charge in [-0.1, -0.05) is 6.92 Å². The number of hydrogen-bond donors (Lipinski definition) is 1. The van der Waals surface area contributed by atoms with E-state index >= 15 is 0 Å². The van der Waals surface area contributed by atoms with Crippen molar-refractivity contribution in [2.45, 2.75) is 25.6 Å². The summed E-state index contributed by atoms with van der Waals surface area (Å²) in [5, 5.41) is 13.0. The number of aliphatic hydroxyl groups excluding tert-OH is 1. The van der Waals surface area contributed by atoms with Crippen LogP contribution < -0.4 is 0 Å². The smallest absolute Gasteiger partial charge is 0.387 e. The first-order valence-electron chi connectivity index (χ1n) is 5.69. The SMILES string of the molecule is CC[C@@H](O)c1ccc(-n2ccc(C(F)(F)F)n2)cn1. The number of pyridine rings is 1. The third-order valence-corrected chi connectivity index (χ3v) is 2.64. The zero-order valence-corrected chi connectivity index (χ0v) is 10.1. The van der Waals surface area contributed by atoms with Gasteiger partial charge >= 0.3 is 6.18 Å². The van der Waals surface area contributed by atoms with Crippen LogP contribution in [0.15, 0.2) is 30.6 Å². The Morgan fingerprint density at radius 1 is 1.32 bits per heavy atom. The zero-order chi connectivity index (χ0) is 14.0. The van der Waals surface area contributed by atoms with Crippen LogP contribution in [0.1, 0.15) is 30.8 Å². The molecule has 0 unspecified atom stereocenters. The lowest BCUT2D eigenvalue weighted by Gasteiger charge is -2.08. The van der Waals surface area contributed by atoms with Crippen molar-refractivity contribution in [3.05, 3.63) is 42.0 Å². The molecule has 0 radical (unpaired) electrons. The van der Waals surface area contributed by atoms with Gasteiger partial charge in [0.15, 0.2) is 5.69 Å². The molecule has 0 aliphatic carbocycles. The van der Waals surface area contributed by atoms with Crippen LogP contribution in [0, 0.1) is 0 Å². The molecule has 7 heteroatoms. The van der Waals surface area contributed by atoms with E-state index in [0.29, 0.717) is 17.8 Å². The highest BCUT2D eigenvalue weighted by molar-refractivity contribution is 5.29. The van der Waals surface area contributed by atoms with Gasteiger partial charge in [-0.05, 0) is 24.6 Å². The molecule has 1 N–H and O–H groups in total. The van der Waals surface area contributed by atoms with Crippen molar-refractivity contribution in [2.75, 3.05) is 0 Å². The molecule has 0 amide bonds. The van der Waals surface area contributed by atoms with Gasteiger partial charge in [-0.3, -0.25) is 4.98 Å². The van der Waals surface area contributed by atoms with E-state index in [1.807, 2.05) is 6.92 Å². The van der Waals surface area contributed by atoms with Gasteiger partial charge in [-0.15, -0.1) is 0 Å². The highest BCUT2D eigenvalue weighted by atomic mass is 19.4. The first-order chi connectivity index (χ1) is 8.91. The molecule has 0 aliphatic rings. The van der Waals surface area contributed by atoms with E-state index in [0.717, 1.165) is 10.7 Å². The molecule has 4 nitrogen and oxygen atoms in total. The van der Waals surface area contributed by atoms with Gasteiger partial charge in [-0.2, -0.15) is 18.3 Å². The summed E-state index contributed by atoms with van der Waals surface area (Å²) in [6, 6.07) is 4.03. The number of aromatic nitrogens is 3. The molecule has 0 fully saturated rings. The number of rotatable bonds is 3. The topological polar surface area (TPSA) is 50.9 Å². The molecule has 1 atom stereocenters. The summed E-state index contributed by atoms with van der Waals surface area (Å²) >= 11 is 0. The van der Waals surface area contributed by atoms with E-state index in [-0.39, 0.29) is 0 Å². The molecule has 0 saturated heterocycles. The van der Waals surface area contributed by atoms with Gasteiger partial charge < -0.3 is 5.11 Å². The van der Waals surface area contributed by atoms with Crippen LogP contribution in [0.25, 0.3) is 5.69 Å². The molecule has 102 valence electrons. The number of aliphatic hydroxyl groups is 1. The summed E-state index contributed by atoms with van der Waals surface area (Å²) < 4.78 is 38.3. The standard InChI is InChI=1S/C12H12F3N3O/c1-2-10(19)9-4-3-8(7-16-9)18-6-5-11(17-18)12(13,14)15/h3-7,10,19H,2H2,1H3/t10-/m1/s1. The van der Waals surface area contributed by atoms with Crippen molar-refractivity contribution in [1.29, 1.82) is 0 Å². The van der Waals surface area contributed by atoms with Gasteiger partial charge in [0.05, 0.1) is 23.7 Å². The monoisotopic (exact) mass is 271 g/mol. The van der Waals surface area contributed by atoms with E-state index in [1.54, 1.807) is 12.1 Å². The minimum absolute atomic E-state index is 0.405. The molecule has 0 aliphatic heterocycles. The van der Waals surface area contributed by atoms with Gasteiger partial charge in [0.25, 0.3) is 0 Å². The Labute approximate surface area is 107 Å². The molecule has 19 heavy (non-hydrogen) atoms. The summed E-state index contributed by atoms with van der Waals surface area (Å²) in [7, 11) is 0. The van der Waals surface area contributed by atoms with E-state index in [1.165, 1.54) is 12.4 Å². The predicted molar refractivity (Wildman–Crippen MR) is 61.6 cm³/mol. The van der Waals surface area contributed by atoms with Crippen molar-refractivity contribution < 1.29 is 18.3 Å². The van der Waals surface area contributed by atoms with Gasteiger partial charge in [-0.25, -0.2) is 4.68 Å². The predicted octanol–water partition coefficient (Wildman–Crippen LogP) is 2.73. The van der Waals surface area contributed by atoms with Crippen molar-refractivity contribution in [1.82, 2.24) is 14.8 Å². The number of nitrogens with zero attached hydrogens (tertiary/aromatic N) is 3. The summed E-state index contributed by atoms with van der Waals surface area (Å²) in [5.74, 6) is 0. The highest BCUT2D eigenvalue weighted by Crippen LogP contribution is 2.27. The maximum atomic E-state index is 12.4.